The number of ether oxygens (including phenoxy) is 1. The zero-order valence-electron chi connectivity index (χ0n) is 14.0. The van der Waals surface area contributed by atoms with Crippen LogP contribution in [0, 0.1) is 0 Å². The highest BCUT2D eigenvalue weighted by atomic mass is 16.5. The lowest BCUT2D eigenvalue weighted by Crippen LogP contribution is -2.03. The molecule has 2 aromatic carbocycles. The van der Waals surface area contributed by atoms with Crippen molar-refractivity contribution in [3.63, 3.8) is 0 Å². The molecule has 4 aromatic rings. The Bertz CT molecular complexity index is 1030. The largest absolute Gasteiger partial charge is 0.497 e. The van der Waals surface area contributed by atoms with Crippen molar-refractivity contribution in [2.24, 2.45) is 0 Å². The van der Waals surface area contributed by atoms with Gasteiger partial charge >= 0.3 is 0 Å². The van der Waals surface area contributed by atoms with Crippen LogP contribution in [-0.2, 0) is 0 Å². The SMILES string of the molecule is COc1ccc(Nc2cnnc(Nc3cccc4cccnc34)n2)cc1. The fraction of sp³-hybridized carbons (Fsp3) is 0.0526. The molecule has 2 heterocycles. The molecule has 0 aliphatic heterocycles. The van der Waals surface area contributed by atoms with Crippen molar-refractivity contribution >= 4 is 34.0 Å². The second-order valence-electron chi connectivity index (χ2n) is 5.52. The molecule has 128 valence electrons. The first-order valence-electron chi connectivity index (χ1n) is 8.03. The Labute approximate surface area is 150 Å². The van der Waals surface area contributed by atoms with Crippen LogP contribution in [0.4, 0.5) is 23.1 Å². The molecule has 0 saturated heterocycles. The molecule has 0 fully saturated rings. The van der Waals surface area contributed by atoms with Crippen LogP contribution < -0.4 is 15.4 Å². The van der Waals surface area contributed by atoms with Crippen LogP contribution in [0.1, 0.15) is 0 Å². The van der Waals surface area contributed by atoms with E-state index < -0.39 is 0 Å². The maximum atomic E-state index is 5.16. The van der Waals surface area contributed by atoms with E-state index in [0.29, 0.717) is 11.8 Å². The summed E-state index contributed by atoms with van der Waals surface area (Å²) >= 11 is 0. The topological polar surface area (TPSA) is 84.9 Å². The summed E-state index contributed by atoms with van der Waals surface area (Å²) in [5, 5.41) is 15.5. The molecule has 2 N–H and O–H groups in total. The number of hydrogen-bond donors (Lipinski definition) is 2. The van der Waals surface area contributed by atoms with Gasteiger partial charge in [0.2, 0.25) is 5.95 Å². The van der Waals surface area contributed by atoms with Crippen molar-refractivity contribution in [3.05, 3.63) is 67.0 Å². The van der Waals surface area contributed by atoms with Gasteiger partial charge in [-0.2, -0.15) is 10.1 Å². The summed E-state index contributed by atoms with van der Waals surface area (Å²) in [4.78, 5) is 8.88. The number of anilines is 4. The lowest BCUT2D eigenvalue weighted by molar-refractivity contribution is 0.415. The Morgan fingerprint density at radius 3 is 2.62 bits per heavy atom. The molecule has 0 spiro atoms. The van der Waals surface area contributed by atoms with Crippen molar-refractivity contribution in [3.8, 4) is 5.75 Å². The Kier molecular flexibility index (Phi) is 4.26. The predicted molar refractivity (Wildman–Crippen MR) is 101 cm³/mol. The number of hydrogen-bond acceptors (Lipinski definition) is 7. The van der Waals surface area contributed by atoms with E-state index in [1.807, 2.05) is 54.6 Å². The summed E-state index contributed by atoms with van der Waals surface area (Å²) in [7, 11) is 1.64. The number of para-hydroxylation sites is 1. The molecule has 4 rings (SSSR count). The molecule has 2 aromatic heterocycles. The van der Waals surface area contributed by atoms with E-state index in [2.05, 4.69) is 30.8 Å². The Morgan fingerprint density at radius 1 is 0.923 bits per heavy atom. The first kappa shape index (κ1) is 15.8. The van der Waals surface area contributed by atoms with Crippen LogP contribution in [-0.4, -0.2) is 27.3 Å². The summed E-state index contributed by atoms with van der Waals surface area (Å²) in [6.45, 7) is 0. The molecular weight excluding hydrogens is 328 g/mol. The molecule has 26 heavy (non-hydrogen) atoms. The Morgan fingerprint density at radius 2 is 1.77 bits per heavy atom. The van der Waals surface area contributed by atoms with Crippen LogP contribution in [0.15, 0.2) is 67.0 Å². The van der Waals surface area contributed by atoms with Gasteiger partial charge in [0.05, 0.1) is 24.5 Å². The van der Waals surface area contributed by atoms with Crippen molar-refractivity contribution in [2.45, 2.75) is 0 Å². The van der Waals surface area contributed by atoms with Crippen LogP contribution in [0.25, 0.3) is 10.9 Å². The molecule has 7 nitrogen and oxygen atoms in total. The molecule has 0 aliphatic rings. The highest BCUT2D eigenvalue weighted by Crippen LogP contribution is 2.24. The third kappa shape index (κ3) is 3.36. The van der Waals surface area contributed by atoms with E-state index in [-0.39, 0.29) is 0 Å². The van der Waals surface area contributed by atoms with E-state index in [1.165, 1.54) is 0 Å². The maximum Gasteiger partial charge on any atom is 0.249 e. The number of methoxy groups -OCH3 is 1. The number of benzene rings is 2. The highest BCUT2D eigenvalue weighted by molar-refractivity contribution is 5.91. The molecular formula is C19H16N6O. The fourth-order valence-corrected chi connectivity index (χ4v) is 2.56. The zero-order valence-corrected chi connectivity index (χ0v) is 14.0. The van der Waals surface area contributed by atoms with Gasteiger partial charge in [0, 0.05) is 17.3 Å². The van der Waals surface area contributed by atoms with Gasteiger partial charge in [-0.15, -0.1) is 5.10 Å². The third-order valence-corrected chi connectivity index (χ3v) is 3.80. The van der Waals surface area contributed by atoms with E-state index >= 15 is 0 Å². The number of nitrogens with zero attached hydrogens (tertiary/aromatic N) is 4. The van der Waals surface area contributed by atoms with E-state index in [4.69, 9.17) is 4.74 Å². The minimum absolute atomic E-state index is 0.390. The number of nitrogens with one attached hydrogen (secondary N) is 2. The third-order valence-electron chi connectivity index (χ3n) is 3.80. The Balaban J connectivity index is 1.57. The van der Waals surface area contributed by atoms with Gasteiger partial charge in [-0.3, -0.25) is 4.98 Å². The van der Waals surface area contributed by atoms with Gasteiger partial charge in [-0.25, -0.2) is 0 Å². The maximum absolute atomic E-state index is 5.16. The van der Waals surface area contributed by atoms with Crippen LogP contribution in [0.2, 0.25) is 0 Å². The van der Waals surface area contributed by atoms with Gasteiger partial charge < -0.3 is 15.4 Å². The van der Waals surface area contributed by atoms with Gasteiger partial charge in [0.25, 0.3) is 0 Å². The molecule has 0 unspecified atom stereocenters. The lowest BCUT2D eigenvalue weighted by atomic mass is 10.2. The second kappa shape index (κ2) is 7.02. The Hall–Kier alpha value is -3.74. The molecule has 0 radical (unpaired) electrons. The van der Waals surface area contributed by atoms with E-state index in [9.17, 15) is 0 Å². The summed E-state index contributed by atoms with van der Waals surface area (Å²) in [5.41, 5.74) is 2.56. The number of fused-ring (bicyclic) bond motifs is 1. The van der Waals surface area contributed by atoms with Crippen LogP contribution >= 0.6 is 0 Å². The normalized spacial score (nSPS) is 10.5. The standard InChI is InChI=1S/C19H16N6O/c1-26-15-9-7-14(8-10-15)22-17-12-21-25-19(24-17)23-16-6-2-4-13-5-3-11-20-18(13)16/h2-12H,1H3,(H2,22,23,24,25). The number of rotatable bonds is 5. The van der Waals surface area contributed by atoms with Gasteiger partial charge in [-0.1, -0.05) is 18.2 Å². The monoisotopic (exact) mass is 344 g/mol. The molecule has 0 atom stereocenters. The predicted octanol–water partition coefficient (Wildman–Crippen LogP) is 3.92. The molecule has 0 bridgehead atoms. The second-order valence-corrected chi connectivity index (χ2v) is 5.52. The summed E-state index contributed by atoms with van der Waals surface area (Å²) in [6, 6.07) is 17.4. The highest BCUT2D eigenvalue weighted by Gasteiger charge is 2.06. The average molecular weight is 344 g/mol. The smallest absolute Gasteiger partial charge is 0.249 e. The van der Waals surface area contributed by atoms with Gasteiger partial charge in [-0.05, 0) is 36.4 Å². The van der Waals surface area contributed by atoms with Crippen LogP contribution in [0.3, 0.4) is 0 Å². The van der Waals surface area contributed by atoms with Gasteiger partial charge in [0.1, 0.15) is 5.75 Å². The molecule has 7 heteroatoms. The van der Waals surface area contributed by atoms with Crippen LogP contribution in [0.5, 0.6) is 5.75 Å². The summed E-state index contributed by atoms with van der Waals surface area (Å²) < 4.78 is 5.16. The molecule has 0 aliphatic carbocycles. The summed E-state index contributed by atoms with van der Waals surface area (Å²) in [5.74, 6) is 1.77. The molecule has 0 saturated carbocycles. The average Bonchev–Trinajstić information content (AvgIpc) is 2.69. The van der Waals surface area contributed by atoms with E-state index in [0.717, 1.165) is 28.0 Å². The molecule has 0 amide bonds. The van der Waals surface area contributed by atoms with E-state index in [1.54, 1.807) is 19.5 Å². The fourth-order valence-electron chi connectivity index (χ4n) is 2.56. The summed E-state index contributed by atoms with van der Waals surface area (Å²) in [6.07, 6.45) is 3.32. The minimum Gasteiger partial charge on any atom is -0.497 e. The minimum atomic E-state index is 0.390. The first-order chi connectivity index (χ1) is 12.8. The van der Waals surface area contributed by atoms with Crippen molar-refractivity contribution in [2.75, 3.05) is 17.7 Å². The van der Waals surface area contributed by atoms with Crippen molar-refractivity contribution in [1.82, 2.24) is 20.2 Å². The lowest BCUT2D eigenvalue weighted by Gasteiger charge is -2.09. The quantitative estimate of drug-likeness (QED) is 0.567. The number of pyridine rings is 1. The van der Waals surface area contributed by atoms with Crippen molar-refractivity contribution < 1.29 is 4.74 Å². The zero-order chi connectivity index (χ0) is 17.8. The van der Waals surface area contributed by atoms with Gasteiger partial charge in [0.15, 0.2) is 5.82 Å². The first-order valence-corrected chi connectivity index (χ1v) is 8.03. The number of aromatic nitrogens is 4. The van der Waals surface area contributed by atoms with Crippen molar-refractivity contribution in [1.29, 1.82) is 0 Å².